The highest BCUT2D eigenvalue weighted by molar-refractivity contribution is 6.13. The van der Waals surface area contributed by atoms with Crippen molar-refractivity contribution >= 4 is 87.4 Å². The van der Waals surface area contributed by atoms with Gasteiger partial charge in [0.15, 0.2) is 0 Å². The largest absolute Gasteiger partial charge is 0.309 e. The molecule has 13 rings (SSSR count). The third kappa shape index (κ3) is 4.26. The van der Waals surface area contributed by atoms with Gasteiger partial charge in [-0.2, -0.15) is 0 Å². The topological polar surface area (TPSA) is 45.5 Å². The molecule has 0 aliphatic heterocycles. The van der Waals surface area contributed by atoms with Gasteiger partial charge in [-0.3, -0.25) is 9.13 Å². The number of benzene rings is 7. The Morgan fingerprint density at radius 2 is 0.672 bits per heavy atom. The Kier molecular flexibility index (Phi) is 6.35. The number of pyridine rings is 2. The fourth-order valence-electron chi connectivity index (χ4n) is 9.63. The van der Waals surface area contributed by atoms with E-state index in [1.807, 2.05) is 18.5 Å². The van der Waals surface area contributed by atoms with Crippen molar-refractivity contribution in [1.29, 1.82) is 0 Å². The third-order valence-corrected chi connectivity index (χ3v) is 12.1. The molecule has 6 nitrogen and oxygen atoms in total. The van der Waals surface area contributed by atoms with Crippen LogP contribution in [-0.2, 0) is 0 Å². The van der Waals surface area contributed by atoms with Crippen molar-refractivity contribution in [1.82, 2.24) is 28.2 Å². The van der Waals surface area contributed by atoms with Crippen LogP contribution in [0.5, 0.6) is 0 Å². The van der Waals surface area contributed by atoms with Crippen molar-refractivity contribution in [3.63, 3.8) is 0 Å². The standard InChI is InChI=1S/C52H32N6/c1-6-18-44-36(12-1)37-13-2-7-19-45(37)55(44)33-24-27-50-42(30-33)40-16-5-10-22-48(40)58(50)51-28-25-35(32-54-51)57-49-26-23-34(31-43(49)41-17-11-29-53-52(41)57)56-46-20-8-3-14-38(46)39-15-4-9-21-47(39)56/h1-32H. The summed E-state index contributed by atoms with van der Waals surface area (Å²) in [5, 5.41) is 9.64. The molecule has 0 spiro atoms. The number of aromatic nitrogens is 6. The van der Waals surface area contributed by atoms with E-state index in [1.54, 1.807) is 0 Å². The summed E-state index contributed by atoms with van der Waals surface area (Å²) < 4.78 is 9.28. The molecular weight excluding hydrogens is 709 g/mol. The van der Waals surface area contributed by atoms with E-state index >= 15 is 0 Å². The lowest BCUT2D eigenvalue weighted by Gasteiger charge is -2.12. The highest BCUT2D eigenvalue weighted by Gasteiger charge is 2.19. The second-order valence-electron chi connectivity index (χ2n) is 15.1. The first kappa shape index (κ1) is 31.3. The molecule has 0 saturated carbocycles. The van der Waals surface area contributed by atoms with Crippen molar-refractivity contribution in [3.05, 3.63) is 194 Å². The molecule has 58 heavy (non-hydrogen) atoms. The van der Waals surface area contributed by atoms with Gasteiger partial charge >= 0.3 is 0 Å². The van der Waals surface area contributed by atoms with Crippen molar-refractivity contribution in [2.45, 2.75) is 0 Å². The number of hydrogen-bond acceptors (Lipinski definition) is 2. The summed E-state index contributed by atoms with van der Waals surface area (Å²) in [4.78, 5) is 10.1. The van der Waals surface area contributed by atoms with Crippen LogP contribution < -0.4 is 0 Å². The van der Waals surface area contributed by atoms with Crippen molar-refractivity contribution in [3.8, 4) is 22.9 Å². The van der Waals surface area contributed by atoms with E-state index in [-0.39, 0.29) is 0 Å². The van der Waals surface area contributed by atoms with E-state index < -0.39 is 0 Å². The molecule has 0 fully saturated rings. The van der Waals surface area contributed by atoms with Crippen LogP contribution in [0.15, 0.2) is 194 Å². The van der Waals surface area contributed by atoms with Gasteiger partial charge in [0, 0.05) is 60.7 Å². The molecule has 0 unspecified atom stereocenters. The van der Waals surface area contributed by atoms with Gasteiger partial charge in [-0.1, -0.05) is 91.0 Å². The summed E-state index contributed by atoms with van der Waals surface area (Å²) in [7, 11) is 0. The average Bonchev–Trinajstić information content (AvgIpc) is 4.01. The molecule has 0 saturated heterocycles. The molecule has 0 aliphatic rings. The Labute approximate surface area is 331 Å². The SMILES string of the molecule is c1ccc2c(c1)c1ccccc1n2-c1ccc2c(c1)c1ccccc1n2-c1ccc(-n2c3ccc(-n4c5ccccc5c5ccccc54)cc3c3cccnc32)cn1. The van der Waals surface area contributed by atoms with Crippen LogP contribution in [0, 0.1) is 0 Å². The predicted molar refractivity (Wildman–Crippen MR) is 239 cm³/mol. The molecule has 6 heterocycles. The van der Waals surface area contributed by atoms with Gasteiger partial charge in [-0.25, -0.2) is 9.97 Å². The van der Waals surface area contributed by atoms with Crippen LogP contribution >= 0.6 is 0 Å². The molecule has 0 radical (unpaired) electrons. The molecule has 13 aromatic rings. The molecule has 0 amide bonds. The zero-order valence-electron chi connectivity index (χ0n) is 31.2. The minimum atomic E-state index is 0.863. The molecule has 0 N–H and O–H groups in total. The maximum absolute atomic E-state index is 5.18. The maximum atomic E-state index is 5.18. The van der Waals surface area contributed by atoms with Crippen LogP contribution in [0.3, 0.4) is 0 Å². The first-order valence-corrected chi connectivity index (χ1v) is 19.7. The molecule has 6 aromatic heterocycles. The van der Waals surface area contributed by atoms with Crippen molar-refractivity contribution < 1.29 is 0 Å². The van der Waals surface area contributed by atoms with Gasteiger partial charge < -0.3 is 9.13 Å². The molecule has 0 aliphatic carbocycles. The van der Waals surface area contributed by atoms with E-state index in [0.29, 0.717) is 0 Å². The van der Waals surface area contributed by atoms with Crippen molar-refractivity contribution in [2.75, 3.05) is 0 Å². The number of rotatable bonds is 4. The highest BCUT2D eigenvalue weighted by atomic mass is 15.1. The Morgan fingerprint density at radius 3 is 1.17 bits per heavy atom. The summed E-state index contributed by atoms with van der Waals surface area (Å²) in [6.45, 7) is 0. The predicted octanol–water partition coefficient (Wildman–Crippen LogP) is 12.9. The lowest BCUT2D eigenvalue weighted by Crippen LogP contribution is -2.01. The van der Waals surface area contributed by atoms with Crippen LogP contribution in [0.1, 0.15) is 0 Å². The second kappa shape index (κ2) is 11.8. The van der Waals surface area contributed by atoms with E-state index in [4.69, 9.17) is 9.97 Å². The van der Waals surface area contributed by atoms with E-state index in [0.717, 1.165) is 55.8 Å². The smallest absolute Gasteiger partial charge is 0.145 e. The Hall–Kier alpha value is -7.96. The monoisotopic (exact) mass is 740 g/mol. The van der Waals surface area contributed by atoms with Gasteiger partial charge in [-0.05, 0) is 91.0 Å². The summed E-state index contributed by atoms with van der Waals surface area (Å²) in [5.74, 6) is 0.863. The molecule has 0 atom stereocenters. The maximum Gasteiger partial charge on any atom is 0.145 e. The second-order valence-corrected chi connectivity index (χ2v) is 15.1. The normalized spacial score (nSPS) is 12.1. The highest BCUT2D eigenvalue weighted by Crippen LogP contribution is 2.39. The molecule has 0 bridgehead atoms. The third-order valence-electron chi connectivity index (χ3n) is 12.1. The summed E-state index contributed by atoms with van der Waals surface area (Å²) >= 11 is 0. The quantitative estimate of drug-likeness (QED) is 0.180. The first-order chi connectivity index (χ1) is 28.8. The number of hydrogen-bond donors (Lipinski definition) is 0. The van der Waals surface area contributed by atoms with Crippen LogP contribution in [0.4, 0.5) is 0 Å². The summed E-state index contributed by atoms with van der Waals surface area (Å²) in [6.07, 6.45) is 3.86. The van der Waals surface area contributed by atoms with Gasteiger partial charge in [0.1, 0.15) is 11.5 Å². The van der Waals surface area contributed by atoms with Crippen LogP contribution in [0.2, 0.25) is 0 Å². The zero-order valence-corrected chi connectivity index (χ0v) is 31.2. The lowest BCUT2D eigenvalue weighted by atomic mass is 10.1. The Morgan fingerprint density at radius 1 is 0.276 bits per heavy atom. The molecular formula is C52H32N6. The first-order valence-electron chi connectivity index (χ1n) is 19.7. The van der Waals surface area contributed by atoms with Gasteiger partial charge in [0.2, 0.25) is 0 Å². The number of fused-ring (bicyclic) bond motifs is 12. The lowest BCUT2D eigenvalue weighted by molar-refractivity contribution is 1.05. The van der Waals surface area contributed by atoms with Gasteiger partial charge in [0.05, 0.1) is 50.5 Å². The van der Waals surface area contributed by atoms with Crippen LogP contribution in [-0.4, -0.2) is 28.2 Å². The molecule has 6 heteroatoms. The van der Waals surface area contributed by atoms with E-state index in [9.17, 15) is 0 Å². The Balaban J connectivity index is 0.958. The number of nitrogens with zero attached hydrogens (tertiary/aromatic N) is 6. The van der Waals surface area contributed by atoms with E-state index in [1.165, 1.54) is 54.4 Å². The fourth-order valence-corrected chi connectivity index (χ4v) is 9.63. The van der Waals surface area contributed by atoms with Crippen LogP contribution in [0.25, 0.3) is 110 Å². The minimum Gasteiger partial charge on any atom is -0.309 e. The summed E-state index contributed by atoms with van der Waals surface area (Å²) in [5.41, 5.74) is 12.2. The molecule has 7 aromatic carbocycles. The number of para-hydroxylation sites is 5. The minimum absolute atomic E-state index is 0.863. The van der Waals surface area contributed by atoms with E-state index in [2.05, 4.69) is 194 Å². The average molecular weight is 741 g/mol. The van der Waals surface area contributed by atoms with Gasteiger partial charge in [0.25, 0.3) is 0 Å². The zero-order chi connectivity index (χ0) is 37.9. The Bertz CT molecular complexity index is 3440. The fraction of sp³-hybridized carbons (Fsp3) is 0. The van der Waals surface area contributed by atoms with Gasteiger partial charge in [-0.15, -0.1) is 0 Å². The van der Waals surface area contributed by atoms with Crippen molar-refractivity contribution in [2.24, 2.45) is 0 Å². The molecule has 270 valence electrons. The summed E-state index contributed by atoms with van der Waals surface area (Å²) in [6, 6.07) is 65.4.